The topological polar surface area (TPSA) is 27.7 Å². The summed E-state index contributed by atoms with van der Waals surface area (Å²) in [6.07, 6.45) is -7.10. The normalized spacial score (nSPS) is 23.3. The van der Waals surface area contributed by atoms with Crippen LogP contribution in [0.25, 0.3) is 11.1 Å². The Kier molecular flexibility index (Phi) is 8.80. The molecule has 0 N–H and O–H groups in total. The maximum absolute atomic E-state index is 15.1. The average molecular weight is 601 g/mol. The van der Waals surface area contributed by atoms with E-state index in [4.69, 9.17) is 14.2 Å². The average Bonchev–Trinajstić information content (AvgIpc) is 2.93. The van der Waals surface area contributed by atoms with Crippen molar-refractivity contribution in [1.82, 2.24) is 0 Å². The molecule has 1 heterocycles. The van der Waals surface area contributed by atoms with Crippen molar-refractivity contribution in [3.05, 3.63) is 88.5 Å². The van der Waals surface area contributed by atoms with E-state index in [0.717, 1.165) is 12.1 Å². The zero-order valence-electron chi connectivity index (χ0n) is 22.5. The maximum Gasteiger partial charge on any atom is 0.400 e. The highest BCUT2D eigenvalue weighted by Crippen LogP contribution is 2.44. The van der Waals surface area contributed by atoms with Gasteiger partial charge in [0.1, 0.15) is 29.0 Å². The number of hydrogen-bond acceptors (Lipinski definition) is 3. The minimum absolute atomic E-state index is 0.0290. The van der Waals surface area contributed by atoms with E-state index in [1.165, 1.54) is 6.07 Å². The summed E-state index contributed by atoms with van der Waals surface area (Å²) in [4.78, 5) is 0. The second-order valence-electron chi connectivity index (χ2n) is 10.9. The van der Waals surface area contributed by atoms with Crippen LogP contribution in [0, 0.1) is 35.1 Å². The Morgan fingerprint density at radius 1 is 0.786 bits per heavy atom. The number of ether oxygens (including phenoxy) is 3. The van der Waals surface area contributed by atoms with Crippen molar-refractivity contribution in [2.45, 2.75) is 57.3 Å². The summed E-state index contributed by atoms with van der Waals surface area (Å²) in [5, 5.41) is 0. The van der Waals surface area contributed by atoms with Crippen molar-refractivity contribution in [2.24, 2.45) is 11.8 Å². The lowest BCUT2D eigenvalue weighted by Crippen LogP contribution is -2.37. The third-order valence-corrected chi connectivity index (χ3v) is 7.81. The predicted molar refractivity (Wildman–Crippen MR) is 137 cm³/mol. The molecule has 0 bridgehead atoms. The van der Waals surface area contributed by atoms with Crippen molar-refractivity contribution in [1.29, 1.82) is 0 Å². The molecule has 2 fully saturated rings. The molecule has 3 nitrogen and oxygen atoms in total. The van der Waals surface area contributed by atoms with Gasteiger partial charge in [-0.3, -0.25) is 0 Å². The van der Waals surface area contributed by atoms with Gasteiger partial charge in [-0.15, -0.1) is 0 Å². The molecule has 0 unspecified atom stereocenters. The molecule has 11 heteroatoms. The monoisotopic (exact) mass is 600 g/mol. The Labute approximate surface area is 237 Å². The molecule has 3 aromatic carbocycles. The van der Waals surface area contributed by atoms with Crippen LogP contribution in [0.5, 0.6) is 5.75 Å². The van der Waals surface area contributed by atoms with Crippen LogP contribution in [-0.4, -0.2) is 19.3 Å². The highest BCUT2D eigenvalue weighted by molar-refractivity contribution is 5.65. The van der Waals surface area contributed by atoms with Gasteiger partial charge in [0.05, 0.1) is 24.7 Å². The summed E-state index contributed by atoms with van der Waals surface area (Å²) >= 11 is 0. The van der Waals surface area contributed by atoms with E-state index in [-0.39, 0.29) is 48.6 Å². The van der Waals surface area contributed by atoms with Gasteiger partial charge >= 0.3 is 6.11 Å². The van der Waals surface area contributed by atoms with Crippen molar-refractivity contribution in [3.8, 4) is 16.9 Å². The first-order valence-corrected chi connectivity index (χ1v) is 13.6. The van der Waals surface area contributed by atoms with Crippen molar-refractivity contribution < 1.29 is 49.3 Å². The zero-order valence-corrected chi connectivity index (χ0v) is 22.5. The molecule has 42 heavy (non-hydrogen) atoms. The van der Waals surface area contributed by atoms with E-state index in [0.29, 0.717) is 42.5 Å². The molecule has 1 aliphatic heterocycles. The van der Waals surface area contributed by atoms with Gasteiger partial charge in [-0.25, -0.2) is 26.3 Å². The molecule has 0 radical (unpaired) electrons. The fourth-order valence-electron chi connectivity index (χ4n) is 5.54. The fraction of sp³-hybridized carbons (Fsp3) is 0.419. The van der Waals surface area contributed by atoms with Crippen LogP contribution in [0.3, 0.4) is 0 Å². The van der Waals surface area contributed by atoms with E-state index in [9.17, 15) is 26.3 Å². The largest absolute Gasteiger partial charge is 0.432 e. The summed E-state index contributed by atoms with van der Waals surface area (Å²) in [5.41, 5.74) is -1.22. The van der Waals surface area contributed by atoms with Gasteiger partial charge in [0.15, 0.2) is 6.29 Å². The van der Waals surface area contributed by atoms with E-state index < -0.39 is 59.3 Å². The summed E-state index contributed by atoms with van der Waals surface area (Å²) in [6, 6.07) is 8.43. The van der Waals surface area contributed by atoms with Gasteiger partial charge in [-0.1, -0.05) is 19.1 Å². The Bertz CT molecular complexity index is 1390. The highest BCUT2D eigenvalue weighted by atomic mass is 19.3. The summed E-state index contributed by atoms with van der Waals surface area (Å²) < 4.78 is 129. The van der Waals surface area contributed by atoms with Crippen LogP contribution in [-0.2, 0) is 9.47 Å². The third-order valence-electron chi connectivity index (χ3n) is 7.81. The number of rotatable bonds is 7. The SMILES string of the molecule is CC1COC(c2ccc(C3CCC(C(F)(F)Oc4ccc(-c5cc(F)c(C(F)F)c(F)c5)c(F)c4)CC3)c(F)c2)OC1. The standard InChI is InChI=1S/C31H28F8O3/c1-16-14-40-30(41-15-16)18-4-8-22(24(32)10-18)17-2-5-20(6-3-17)31(38,39)42-21-7-9-23(25(33)13-21)19-11-26(34)28(29(36)37)27(35)12-19/h4,7-13,16-17,20,29-30H,2-3,5-6,14-15H2,1H3. The second kappa shape index (κ2) is 12.2. The summed E-state index contributed by atoms with van der Waals surface area (Å²) in [6.45, 7) is 2.98. The van der Waals surface area contributed by atoms with Gasteiger partial charge in [0.2, 0.25) is 0 Å². The van der Waals surface area contributed by atoms with E-state index in [1.807, 2.05) is 6.92 Å². The summed E-state index contributed by atoms with van der Waals surface area (Å²) in [5.74, 6) is -6.45. The molecule has 1 aliphatic carbocycles. The molecule has 0 spiro atoms. The first kappa shape index (κ1) is 30.3. The Hall–Kier alpha value is -3.18. The first-order chi connectivity index (χ1) is 19.9. The zero-order chi connectivity index (χ0) is 30.2. The molecule has 0 atom stereocenters. The molecule has 1 saturated carbocycles. The van der Waals surface area contributed by atoms with Crippen LogP contribution < -0.4 is 4.74 Å². The number of benzene rings is 3. The molecular weight excluding hydrogens is 572 g/mol. The van der Waals surface area contributed by atoms with Crippen LogP contribution in [0.15, 0.2) is 48.5 Å². The molecule has 2 aliphatic rings. The van der Waals surface area contributed by atoms with Gasteiger partial charge in [0.25, 0.3) is 6.43 Å². The number of halogens is 8. The number of alkyl halides is 4. The minimum atomic E-state index is -3.68. The van der Waals surface area contributed by atoms with Crippen molar-refractivity contribution in [3.63, 3.8) is 0 Å². The lowest BCUT2D eigenvalue weighted by Gasteiger charge is -2.34. The lowest BCUT2D eigenvalue weighted by molar-refractivity contribution is -0.222. The lowest BCUT2D eigenvalue weighted by atomic mass is 9.78. The van der Waals surface area contributed by atoms with Gasteiger partial charge in [-0.05, 0) is 73.1 Å². The molecule has 226 valence electrons. The molecule has 3 aromatic rings. The Morgan fingerprint density at radius 2 is 1.43 bits per heavy atom. The third kappa shape index (κ3) is 6.41. The first-order valence-electron chi connectivity index (χ1n) is 13.6. The highest BCUT2D eigenvalue weighted by Gasteiger charge is 2.44. The van der Waals surface area contributed by atoms with Gasteiger partial charge in [-0.2, -0.15) is 8.78 Å². The van der Waals surface area contributed by atoms with E-state index in [1.54, 1.807) is 12.1 Å². The smallest absolute Gasteiger partial charge is 0.400 e. The van der Waals surface area contributed by atoms with E-state index in [2.05, 4.69) is 0 Å². The maximum atomic E-state index is 15.1. The quantitative estimate of drug-likeness (QED) is 0.253. The minimum Gasteiger partial charge on any atom is -0.432 e. The molecule has 5 rings (SSSR count). The fourth-order valence-corrected chi connectivity index (χ4v) is 5.54. The molecule has 0 amide bonds. The number of hydrogen-bond donors (Lipinski definition) is 0. The van der Waals surface area contributed by atoms with E-state index >= 15 is 8.78 Å². The van der Waals surface area contributed by atoms with Crippen molar-refractivity contribution in [2.75, 3.05) is 13.2 Å². The van der Waals surface area contributed by atoms with Crippen molar-refractivity contribution >= 4 is 0 Å². The molecule has 0 aromatic heterocycles. The van der Waals surface area contributed by atoms with Crippen LogP contribution in [0.4, 0.5) is 35.1 Å². The van der Waals surface area contributed by atoms with Crippen LogP contribution in [0.1, 0.15) is 67.9 Å². The molecular formula is C31H28F8O3. The Balaban J connectivity index is 1.22. The predicted octanol–water partition coefficient (Wildman–Crippen LogP) is 9.47. The van der Waals surface area contributed by atoms with Crippen LogP contribution in [0.2, 0.25) is 0 Å². The second-order valence-corrected chi connectivity index (χ2v) is 10.9. The summed E-state index contributed by atoms with van der Waals surface area (Å²) in [7, 11) is 0. The van der Waals surface area contributed by atoms with Gasteiger partial charge < -0.3 is 14.2 Å². The Morgan fingerprint density at radius 3 is 2.00 bits per heavy atom. The molecule has 1 saturated heterocycles. The van der Waals surface area contributed by atoms with Crippen LogP contribution >= 0.6 is 0 Å². The van der Waals surface area contributed by atoms with Gasteiger partial charge in [0, 0.05) is 23.1 Å².